The number of hydrogen-bond donors (Lipinski definition) is 2. The predicted octanol–water partition coefficient (Wildman–Crippen LogP) is 1.48. The van der Waals surface area contributed by atoms with E-state index in [1.54, 1.807) is 17.8 Å². The number of rotatable bonds is 2. The number of ether oxygens (including phenoxy) is 1. The van der Waals surface area contributed by atoms with Crippen molar-refractivity contribution >= 4 is 29.2 Å². The van der Waals surface area contributed by atoms with Crippen LogP contribution in [0.3, 0.4) is 0 Å². The number of thioether (sulfide) groups is 1. The van der Waals surface area contributed by atoms with Crippen molar-refractivity contribution in [2.75, 3.05) is 23.8 Å². The van der Waals surface area contributed by atoms with Gasteiger partial charge in [0.15, 0.2) is 0 Å². The number of aromatic nitrogens is 1. The van der Waals surface area contributed by atoms with Crippen molar-refractivity contribution in [2.45, 2.75) is 12.2 Å². The standard InChI is InChI=1S/C10H13ClN2O2S/c11-6-3-7(10(12)13-4-6)9(14)8-5-16-2-1-15-8/h3-4,8-9,14H,1-2,5H2,(H2,12,13). The Labute approximate surface area is 103 Å². The number of nitrogens with zero attached hydrogens (tertiary/aromatic N) is 1. The molecular formula is C10H13ClN2O2S. The van der Waals surface area contributed by atoms with Gasteiger partial charge in [-0.25, -0.2) is 4.98 Å². The lowest BCUT2D eigenvalue weighted by Crippen LogP contribution is -2.30. The number of nitrogens with two attached hydrogens (primary N) is 1. The van der Waals surface area contributed by atoms with E-state index in [4.69, 9.17) is 22.1 Å². The first-order valence-electron chi connectivity index (χ1n) is 4.97. The van der Waals surface area contributed by atoms with Gasteiger partial charge >= 0.3 is 0 Å². The maximum atomic E-state index is 10.1. The minimum Gasteiger partial charge on any atom is -0.386 e. The summed E-state index contributed by atoms with van der Waals surface area (Å²) in [5.74, 6) is 2.02. The number of anilines is 1. The lowest BCUT2D eigenvalue weighted by atomic mass is 10.1. The summed E-state index contributed by atoms with van der Waals surface area (Å²) < 4.78 is 5.49. The molecule has 0 saturated carbocycles. The molecule has 6 heteroatoms. The Hall–Kier alpha value is -0.490. The maximum absolute atomic E-state index is 10.1. The third kappa shape index (κ3) is 2.60. The van der Waals surface area contributed by atoms with Crippen molar-refractivity contribution in [2.24, 2.45) is 0 Å². The van der Waals surface area contributed by atoms with Crippen molar-refractivity contribution in [3.8, 4) is 0 Å². The third-order valence-corrected chi connectivity index (χ3v) is 3.65. The smallest absolute Gasteiger partial charge is 0.129 e. The van der Waals surface area contributed by atoms with Gasteiger partial charge in [0.2, 0.25) is 0 Å². The molecule has 1 fully saturated rings. The number of pyridine rings is 1. The summed E-state index contributed by atoms with van der Waals surface area (Å²) in [7, 11) is 0. The van der Waals surface area contributed by atoms with Crippen LogP contribution in [0.2, 0.25) is 5.02 Å². The lowest BCUT2D eigenvalue weighted by molar-refractivity contribution is -0.0225. The van der Waals surface area contributed by atoms with Crippen LogP contribution in [-0.4, -0.2) is 34.3 Å². The van der Waals surface area contributed by atoms with Gasteiger partial charge in [-0.05, 0) is 6.07 Å². The van der Waals surface area contributed by atoms with Gasteiger partial charge in [-0.1, -0.05) is 11.6 Å². The first kappa shape index (κ1) is 12.0. The van der Waals surface area contributed by atoms with E-state index in [-0.39, 0.29) is 6.10 Å². The molecule has 88 valence electrons. The fourth-order valence-corrected chi connectivity index (χ4v) is 2.65. The molecule has 2 rings (SSSR count). The van der Waals surface area contributed by atoms with Gasteiger partial charge in [0.1, 0.15) is 11.9 Å². The van der Waals surface area contributed by atoms with E-state index in [1.807, 2.05) is 0 Å². The summed E-state index contributed by atoms with van der Waals surface area (Å²) in [6.07, 6.45) is 0.462. The Bertz CT molecular complexity index is 372. The SMILES string of the molecule is Nc1ncc(Cl)cc1C(O)C1CSCCO1. The topological polar surface area (TPSA) is 68.4 Å². The van der Waals surface area contributed by atoms with Crippen LogP contribution in [0, 0.1) is 0 Å². The molecule has 0 spiro atoms. The minimum atomic E-state index is -0.765. The van der Waals surface area contributed by atoms with E-state index in [1.165, 1.54) is 6.20 Å². The molecule has 0 aliphatic carbocycles. The van der Waals surface area contributed by atoms with Gasteiger partial charge in [0.25, 0.3) is 0 Å². The molecular weight excluding hydrogens is 248 g/mol. The predicted molar refractivity (Wildman–Crippen MR) is 65.7 cm³/mol. The van der Waals surface area contributed by atoms with E-state index in [0.717, 1.165) is 11.5 Å². The van der Waals surface area contributed by atoms with Gasteiger partial charge in [-0.3, -0.25) is 0 Å². The highest BCUT2D eigenvalue weighted by atomic mass is 35.5. The van der Waals surface area contributed by atoms with E-state index >= 15 is 0 Å². The summed E-state index contributed by atoms with van der Waals surface area (Å²) in [6.45, 7) is 0.653. The lowest BCUT2D eigenvalue weighted by Gasteiger charge is -2.27. The molecule has 16 heavy (non-hydrogen) atoms. The maximum Gasteiger partial charge on any atom is 0.129 e. The second-order valence-electron chi connectivity index (χ2n) is 3.56. The van der Waals surface area contributed by atoms with Gasteiger partial charge in [-0.2, -0.15) is 11.8 Å². The fourth-order valence-electron chi connectivity index (χ4n) is 1.59. The molecule has 3 N–H and O–H groups in total. The van der Waals surface area contributed by atoms with Crippen LogP contribution >= 0.6 is 23.4 Å². The molecule has 1 aromatic rings. The average molecular weight is 261 g/mol. The van der Waals surface area contributed by atoms with Crippen molar-refractivity contribution in [3.63, 3.8) is 0 Å². The summed E-state index contributed by atoms with van der Waals surface area (Å²) in [4.78, 5) is 3.92. The fraction of sp³-hybridized carbons (Fsp3) is 0.500. The number of hydrogen-bond acceptors (Lipinski definition) is 5. The normalized spacial score (nSPS) is 23.0. The van der Waals surface area contributed by atoms with Crippen molar-refractivity contribution in [1.82, 2.24) is 4.98 Å². The van der Waals surface area contributed by atoms with Gasteiger partial charge in [-0.15, -0.1) is 0 Å². The zero-order valence-corrected chi connectivity index (χ0v) is 10.2. The zero-order valence-electron chi connectivity index (χ0n) is 8.60. The number of nitrogen functional groups attached to an aromatic ring is 1. The second-order valence-corrected chi connectivity index (χ2v) is 5.14. The van der Waals surface area contributed by atoms with Crippen molar-refractivity contribution in [3.05, 3.63) is 22.8 Å². The second kappa shape index (κ2) is 5.23. The van der Waals surface area contributed by atoms with E-state index in [2.05, 4.69) is 4.98 Å². The number of aliphatic hydroxyl groups excluding tert-OH is 1. The molecule has 2 unspecified atom stereocenters. The van der Waals surface area contributed by atoms with Gasteiger partial charge in [0, 0.05) is 23.3 Å². The Balaban J connectivity index is 2.18. The van der Waals surface area contributed by atoms with Crippen LogP contribution in [0.15, 0.2) is 12.3 Å². The summed E-state index contributed by atoms with van der Waals surface area (Å²) >= 11 is 7.58. The molecule has 4 nitrogen and oxygen atoms in total. The van der Waals surface area contributed by atoms with Crippen LogP contribution in [0.4, 0.5) is 5.82 Å². The van der Waals surface area contributed by atoms with Crippen LogP contribution < -0.4 is 5.73 Å². The molecule has 1 saturated heterocycles. The van der Waals surface area contributed by atoms with Crippen LogP contribution in [0.5, 0.6) is 0 Å². The highest BCUT2D eigenvalue weighted by Crippen LogP contribution is 2.29. The largest absolute Gasteiger partial charge is 0.386 e. The molecule has 1 aliphatic rings. The molecule has 2 heterocycles. The minimum absolute atomic E-state index is 0.235. The Morgan fingerprint density at radius 3 is 3.19 bits per heavy atom. The highest BCUT2D eigenvalue weighted by Gasteiger charge is 2.26. The molecule has 1 aliphatic heterocycles. The quantitative estimate of drug-likeness (QED) is 0.843. The molecule has 0 radical (unpaired) electrons. The molecule has 2 atom stereocenters. The molecule has 0 aromatic carbocycles. The highest BCUT2D eigenvalue weighted by molar-refractivity contribution is 7.99. The van der Waals surface area contributed by atoms with Crippen molar-refractivity contribution < 1.29 is 9.84 Å². The van der Waals surface area contributed by atoms with Crippen molar-refractivity contribution in [1.29, 1.82) is 0 Å². The summed E-state index contributed by atoms with van der Waals surface area (Å²) in [5, 5.41) is 10.6. The first-order chi connectivity index (χ1) is 7.68. The monoisotopic (exact) mass is 260 g/mol. The average Bonchev–Trinajstić information content (AvgIpc) is 2.32. The molecule has 1 aromatic heterocycles. The number of halogens is 1. The van der Waals surface area contributed by atoms with Crippen LogP contribution in [0.25, 0.3) is 0 Å². The summed E-state index contributed by atoms with van der Waals surface area (Å²) in [6, 6.07) is 1.64. The third-order valence-electron chi connectivity index (χ3n) is 2.43. The number of aliphatic hydroxyl groups is 1. The van der Waals surface area contributed by atoms with E-state index < -0.39 is 6.10 Å². The van der Waals surface area contributed by atoms with Gasteiger partial charge < -0.3 is 15.6 Å². The Kier molecular flexibility index (Phi) is 3.91. The van der Waals surface area contributed by atoms with Crippen LogP contribution in [-0.2, 0) is 4.74 Å². The Morgan fingerprint density at radius 1 is 1.69 bits per heavy atom. The Morgan fingerprint density at radius 2 is 2.50 bits per heavy atom. The molecule has 0 bridgehead atoms. The van der Waals surface area contributed by atoms with E-state index in [9.17, 15) is 5.11 Å². The first-order valence-corrected chi connectivity index (χ1v) is 6.50. The summed E-state index contributed by atoms with van der Waals surface area (Å²) in [5.41, 5.74) is 6.25. The van der Waals surface area contributed by atoms with E-state index in [0.29, 0.717) is 23.0 Å². The van der Waals surface area contributed by atoms with Crippen LogP contribution in [0.1, 0.15) is 11.7 Å². The zero-order chi connectivity index (χ0) is 11.5. The van der Waals surface area contributed by atoms with Gasteiger partial charge in [0.05, 0.1) is 17.7 Å². The molecule has 0 amide bonds.